The van der Waals surface area contributed by atoms with Gasteiger partial charge in [0.05, 0.1) is 12.2 Å². The van der Waals surface area contributed by atoms with Crippen LogP contribution in [0.1, 0.15) is 45.7 Å². The monoisotopic (exact) mass is 292 g/mol. The number of urea groups is 1. The highest BCUT2D eigenvalue weighted by Gasteiger charge is 2.39. The second kappa shape index (κ2) is 6.28. The summed E-state index contributed by atoms with van der Waals surface area (Å²) in [6.07, 6.45) is 3.11. The maximum absolute atomic E-state index is 12.4. The Labute approximate surface area is 124 Å². The number of carbonyl (C=O) groups excluding carboxylic acids is 1. The van der Waals surface area contributed by atoms with Gasteiger partial charge in [-0.15, -0.1) is 0 Å². The third-order valence-electron chi connectivity index (χ3n) is 4.00. The van der Waals surface area contributed by atoms with Crippen molar-refractivity contribution in [2.75, 3.05) is 6.54 Å². The smallest absolute Gasteiger partial charge is 0.318 e. The van der Waals surface area contributed by atoms with E-state index >= 15 is 0 Å². The van der Waals surface area contributed by atoms with Crippen molar-refractivity contribution in [2.24, 2.45) is 5.92 Å². The zero-order valence-electron chi connectivity index (χ0n) is 13.0. The van der Waals surface area contributed by atoms with Crippen LogP contribution in [-0.4, -0.2) is 33.2 Å². The van der Waals surface area contributed by atoms with Gasteiger partial charge in [0.25, 0.3) is 5.56 Å². The number of aromatic nitrogens is 2. The van der Waals surface area contributed by atoms with Crippen LogP contribution in [0.2, 0.25) is 0 Å². The van der Waals surface area contributed by atoms with Crippen molar-refractivity contribution in [2.45, 2.75) is 52.1 Å². The lowest BCUT2D eigenvalue weighted by Crippen LogP contribution is -2.50. The number of hydrogen-bond acceptors (Lipinski definition) is 3. The lowest BCUT2D eigenvalue weighted by Gasteiger charge is -2.36. The number of nitrogens with zero attached hydrogens (tertiary/aromatic N) is 2. The van der Waals surface area contributed by atoms with Crippen LogP contribution in [-0.2, 0) is 6.54 Å². The number of hydrogen-bond donors (Lipinski definition) is 2. The number of amides is 2. The second-order valence-electron chi connectivity index (χ2n) is 6.42. The minimum atomic E-state index is -0.242. The summed E-state index contributed by atoms with van der Waals surface area (Å²) in [4.78, 5) is 25.3. The highest BCUT2D eigenvalue weighted by atomic mass is 16.2. The van der Waals surface area contributed by atoms with E-state index in [1.54, 1.807) is 6.07 Å². The molecule has 1 aliphatic rings. The van der Waals surface area contributed by atoms with E-state index in [4.69, 9.17) is 0 Å². The fourth-order valence-corrected chi connectivity index (χ4v) is 3.19. The zero-order valence-corrected chi connectivity index (χ0v) is 13.0. The highest BCUT2D eigenvalue weighted by Crippen LogP contribution is 2.34. The van der Waals surface area contributed by atoms with Gasteiger partial charge in [-0.05, 0) is 38.2 Å². The van der Waals surface area contributed by atoms with Gasteiger partial charge in [0, 0.05) is 18.2 Å². The fourth-order valence-electron chi connectivity index (χ4n) is 3.19. The maximum atomic E-state index is 12.4. The van der Waals surface area contributed by atoms with Gasteiger partial charge in [-0.25, -0.2) is 9.89 Å². The van der Waals surface area contributed by atoms with E-state index in [0.717, 1.165) is 25.8 Å². The van der Waals surface area contributed by atoms with Crippen molar-refractivity contribution in [1.82, 2.24) is 20.4 Å². The Morgan fingerprint density at radius 1 is 1.52 bits per heavy atom. The van der Waals surface area contributed by atoms with Gasteiger partial charge in [-0.3, -0.25) is 4.79 Å². The van der Waals surface area contributed by atoms with Crippen molar-refractivity contribution < 1.29 is 4.79 Å². The first-order chi connectivity index (χ1) is 9.90. The molecule has 1 aromatic rings. The molecule has 2 N–H and O–H groups in total. The minimum Gasteiger partial charge on any atom is -0.332 e. The van der Waals surface area contributed by atoms with Crippen LogP contribution in [0.5, 0.6) is 0 Å². The molecule has 21 heavy (non-hydrogen) atoms. The molecule has 0 radical (unpaired) electrons. The Balaban J connectivity index is 1.96. The summed E-state index contributed by atoms with van der Waals surface area (Å²) < 4.78 is 0. The molecule has 116 valence electrons. The van der Waals surface area contributed by atoms with Gasteiger partial charge >= 0.3 is 6.03 Å². The van der Waals surface area contributed by atoms with E-state index in [1.807, 2.05) is 4.90 Å². The van der Waals surface area contributed by atoms with Gasteiger partial charge in [0.2, 0.25) is 0 Å². The number of likely N-dealkylation sites (tertiary alicyclic amines) is 1. The number of H-pyrrole nitrogens is 1. The Bertz CT molecular complexity index is 534. The third kappa shape index (κ3) is 3.83. The summed E-state index contributed by atoms with van der Waals surface area (Å²) in [5.41, 5.74) is 0.346. The normalized spacial score (nSPS) is 21.8. The molecule has 6 heteroatoms. The first kappa shape index (κ1) is 15.5. The molecule has 1 fully saturated rings. The van der Waals surface area contributed by atoms with Gasteiger partial charge in [-0.1, -0.05) is 13.8 Å². The standard InChI is InChI=1S/C15H24N4O2/c1-11(2)9-15(3)7-4-8-19(15)14(21)16-10-12-5-6-13(20)18-17-12/h5-6,11H,4,7-10H2,1-3H3,(H,16,21)(H,18,20). The topological polar surface area (TPSA) is 78.1 Å². The summed E-state index contributed by atoms with van der Waals surface area (Å²) in [6.45, 7) is 7.66. The van der Waals surface area contributed by atoms with Crippen molar-refractivity contribution in [3.8, 4) is 0 Å². The van der Waals surface area contributed by atoms with Crippen LogP contribution in [0.25, 0.3) is 0 Å². The predicted octanol–water partition coefficient (Wildman–Crippen LogP) is 1.88. The Kier molecular flexibility index (Phi) is 4.65. The molecular formula is C15H24N4O2. The molecule has 0 saturated carbocycles. The molecule has 1 aromatic heterocycles. The van der Waals surface area contributed by atoms with E-state index in [2.05, 4.69) is 36.3 Å². The van der Waals surface area contributed by atoms with Crippen LogP contribution in [0.15, 0.2) is 16.9 Å². The average Bonchev–Trinajstić information content (AvgIpc) is 2.78. The van der Waals surface area contributed by atoms with E-state index < -0.39 is 0 Å². The first-order valence-corrected chi connectivity index (χ1v) is 7.51. The predicted molar refractivity (Wildman–Crippen MR) is 80.9 cm³/mol. The van der Waals surface area contributed by atoms with E-state index in [0.29, 0.717) is 18.2 Å². The molecule has 1 aliphatic heterocycles. The van der Waals surface area contributed by atoms with Crippen LogP contribution in [0.4, 0.5) is 4.79 Å². The Morgan fingerprint density at radius 2 is 2.29 bits per heavy atom. The number of rotatable bonds is 4. The number of aromatic amines is 1. The highest BCUT2D eigenvalue weighted by molar-refractivity contribution is 5.75. The minimum absolute atomic E-state index is 0.0522. The number of carbonyl (C=O) groups is 1. The Hall–Kier alpha value is -1.85. The summed E-state index contributed by atoms with van der Waals surface area (Å²) in [5.74, 6) is 0.560. The van der Waals surface area contributed by atoms with Gasteiger partial charge < -0.3 is 10.2 Å². The largest absolute Gasteiger partial charge is 0.332 e. The molecule has 1 unspecified atom stereocenters. The molecule has 0 spiro atoms. The van der Waals surface area contributed by atoms with Crippen molar-refractivity contribution in [3.63, 3.8) is 0 Å². The first-order valence-electron chi connectivity index (χ1n) is 7.51. The molecule has 6 nitrogen and oxygen atoms in total. The van der Waals surface area contributed by atoms with Crippen LogP contribution < -0.4 is 10.9 Å². The molecule has 2 amide bonds. The molecule has 1 atom stereocenters. The summed E-state index contributed by atoms with van der Waals surface area (Å²) in [7, 11) is 0. The van der Waals surface area contributed by atoms with Gasteiger partial charge in [0.1, 0.15) is 0 Å². The number of nitrogens with one attached hydrogen (secondary N) is 2. The molecule has 2 rings (SSSR count). The van der Waals surface area contributed by atoms with Crippen molar-refractivity contribution in [1.29, 1.82) is 0 Å². The molecule has 0 aromatic carbocycles. The molecule has 0 aliphatic carbocycles. The van der Waals surface area contributed by atoms with Crippen molar-refractivity contribution in [3.05, 3.63) is 28.2 Å². The van der Waals surface area contributed by atoms with Gasteiger partial charge in [-0.2, -0.15) is 5.10 Å². The summed E-state index contributed by atoms with van der Waals surface area (Å²) in [5, 5.41) is 9.15. The van der Waals surface area contributed by atoms with Crippen LogP contribution >= 0.6 is 0 Å². The quantitative estimate of drug-likeness (QED) is 0.889. The van der Waals surface area contributed by atoms with Crippen LogP contribution in [0.3, 0.4) is 0 Å². The molecular weight excluding hydrogens is 268 g/mol. The van der Waals surface area contributed by atoms with E-state index in [9.17, 15) is 9.59 Å². The van der Waals surface area contributed by atoms with E-state index in [-0.39, 0.29) is 17.1 Å². The second-order valence-corrected chi connectivity index (χ2v) is 6.42. The lowest BCUT2D eigenvalue weighted by atomic mass is 9.88. The summed E-state index contributed by atoms with van der Waals surface area (Å²) >= 11 is 0. The lowest BCUT2D eigenvalue weighted by molar-refractivity contribution is 0.139. The van der Waals surface area contributed by atoms with Crippen molar-refractivity contribution >= 4 is 6.03 Å². The van der Waals surface area contributed by atoms with Gasteiger partial charge in [0.15, 0.2) is 0 Å². The SMILES string of the molecule is CC(C)CC1(C)CCCN1C(=O)NCc1ccc(=O)[nH]n1. The summed E-state index contributed by atoms with van der Waals surface area (Å²) in [6, 6.07) is 2.98. The van der Waals surface area contributed by atoms with Crippen LogP contribution in [0, 0.1) is 5.92 Å². The molecule has 2 heterocycles. The molecule has 0 bridgehead atoms. The zero-order chi connectivity index (χ0) is 15.5. The molecule has 1 saturated heterocycles. The van der Waals surface area contributed by atoms with E-state index in [1.165, 1.54) is 6.07 Å². The maximum Gasteiger partial charge on any atom is 0.318 e. The average molecular weight is 292 g/mol. The Morgan fingerprint density at radius 3 is 2.90 bits per heavy atom. The fraction of sp³-hybridized carbons (Fsp3) is 0.667. The third-order valence-corrected chi connectivity index (χ3v) is 4.00.